The van der Waals surface area contributed by atoms with Crippen molar-refractivity contribution in [2.75, 3.05) is 14.2 Å². The SMILES string of the molecule is COC(=O)C(Oc1nc(C)cc(C)n1)C(OC)(c1ccccc1)c1ccccc1. The molecule has 1 unspecified atom stereocenters. The molecule has 0 radical (unpaired) electrons. The molecule has 0 amide bonds. The highest BCUT2D eigenvalue weighted by atomic mass is 16.6. The van der Waals surface area contributed by atoms with Gasteiger partial charge in [0, 0.05) is 18.5 Å². The van der Waals surface area contributed by atoms with Crippen molar-refractivity contribution in [2.45, 2.75) is 25.6 Å². The van der Waals surface area contributed by atoms with Gasteiger partial charge in [0.2, 0.25) is 6.10 Å². The summed E-state index contributed by atoms with van der Waals surface area (Å²) in [6, 6.07) is 20.8. The Bertz CT molecular complexity index is 901. The average molecular weight is 392 g/mol. The van der Waals surface area contributed by atoms with Gasteiger partial charge >= 0.3 is 12.0 Å². The van der Waals surface area contributed by atoms with Gasteiger partial charge in [-0.3, -0.25) is 0 Å². The normalized spacial score (nSPS) is 12.3. The zero-order valence-corrected chi connectivity index (χ0v) is 17.0. The second-order valence-corrected chi connectivity index (χ2v) is 6.63. The number of rotatable bonds is 7. The highest BCUT2D eigenvalue weighted by molar-refractivity contribution is 5.78. The second-order valence-electron chi connectivity index (χ2n) is 6.63. The third kappa shape index (κ3) is 4.12. The van der Waals surface area contributed by atoms with Gasteiger partial charge in [0.25, 0.3) is 0 Å². The minimum absolute atomic E-state index is 0.0891. The second kappa shape index (κ2) is 8.84. The van der Waals surface area contributed by atoms with Crippen LogP contribution in [0, 0.1) is 13.8 Å². The number of hydrogen-bond donors (Lipinski definition) is 0. The predicted molar refractivity (Wildman–Crippen MR) is 109 cm³/mol. The van der Waals surface area contributed by atoms with Crippen LogP contribution in [0.1, 0.15) is 22.5 Å². The fourth-order valence-electron chi connectivity index (χ4n) is 3.44. The lowest BCUT2D eigenvalue weighted by Gasteiger charge is -2.38. The largest absolute Gasteiger partial charge is 0.466 e. The van der Waals surface area contributed by atoms with E-state index in [4.69, 9.17) is 14.2 Å². The van der Waals surface area contributed by atoms with Crippen molar-refractivity contribution >= 4 is 5.97 Å². The van der Waals surface area contributed by atoms with Crippen LogP contribution in [-0.4, -0.2) is 36.3 Å². The van der Waals surface area contributed by atoms with Crippen molar-refractivity contribution < 1.29 is 19.0 Å². The van der Waals surface area contributed by atoms with E-state index in [2.05, 4.69) is 9.97 Å². The third-order valence-electron chi connectivity index (χ3n) is 4.70. The molecule has 0 spiro atoms. The Kier molecular flexibility index (Phi) is 6.24. The van der Waals surface area contributed by atoms with Crippen LogP contribution in [-0.2, 0) is 19.9 Å². The third-order valence-corrected chi connectivity index (χ3v) is 4.70. The molecule has 0 fully saturated rings. The first-order valence-electron chi connectivity index (χ1n) is 9.24. The Balaban J connectivity index is 2.22. The topological polar surface area (TPSA) is 70.5 Å². The van der Waals surface area contributed by atoms with Crippen molar-refractivity contribution in [1.82, 2.24) is 9.97 Å². The van der Waals surface area contributed by atoms with Crippen LogP contribution in [0.2, 0.25) is 0 Å². The Hall–Kier alpha value is -3.25. The van der Waals surface area contributed by atoms with Crippen LogP contribution in [0.5, 0.6) is 6.01 Å². The minimum atomic E-state index is -1.27. The lowest BCUT2D eigenvalue weighted by Crippen LogP contribution is -2.51. The number of ether oxygens (including phenoxy) is 3. The van der Waals surface area contributed by atoms with Gasteiger partial charge in [0.05, 0.1) is 7.11 Å². The first-order valence-corrected chi connectivity index (χ1v) is 9.24. The number of aryl methyl sites for hydroxylation is 2. The molecule has 3 rings (SSSR count). The highest BCUT2D eigenvalue weighted by Crippen LogP contribution is 2.38. The molecule has 0 saturated carbocycles. The number of hydrogen-bond acceptors (Lipinski definition) is 6. The number of methoxy groups -OCH3 is 2. The number of carbonyl (C=O) groups is 1. The van der Waals surface area contributed by atoms with Crippen molar-refractivity contribution in [2.24, 2.45) is 0 Å². The van der Waals surface area contributed by atoms with E-state index < -0.39 is 17.7 Å². The number of carbonyl (C=O) groups excluding carboxylic acids is 1. The fraction of sp³-hybridized carbons (Fsp3) is 0.261. The lowest BCUT2D eigenvalue weighted by molar-refractivity contribution is -0.164. The Morgan fingerprint density at radius 3 is 1.76 bits per heavy atom. The molecule has 0 bridgehead atoms. The molecule has 0 aliphatic carbocycles. The summed E-state index contributed by atoms with van der Waals surface area (Å²) in [6.45, 7) is 3.68. The maximum Gasteiger partial charge on any atom is 0.351 e. The summed E-state index contributed by atoms with van der Waals surface area (Å²) in [5, 5.41) is 0. The quantitative estimate of drug-likeness (QED) is 0.572. The predicted octanol–water partition coefficient (Wildman–Crippen LogP) is 3.60. The molecular formula is C23H24N2O4. The summed E-state index contributed by atoms with van der Waals surface area (Å²) in [7, 11) is 2.86. The molecule has 29 heavy (non-hydrogen) atoms. The standard InChI is InChI=1S/C23H24N2O4/c1-16-15-17(2)25-22(24-16)29-20(21(26)27-3)23(28-4,18-11-7-5-8-12-18)19-13-9-6-10-14-19/h5-15,20H,1-4H3. The molecule has 0 N–H and O–H groups in total. The highest BCUT2D eigenvalue weighted by Gasteiger charge is 2.50. The summed E-state index contributed by atoms with van der Waals surface area (Å²) < 4.78 is 17.2. The van der Waals surface area contributed by atoms with Crippen LogP contribution in [0.25, 0.3) is 0 Å². The molecule has 1 atom stereocenters. The maximum atomic E-state index is 13.0. The molecular weight excluding hydrogens is 368 g/mol. The molecule has 1 aromatic heterocycles. The first-order chi connectivity index (χ1) is 14.0. The summed E-state index contributed by atoms with van der Waals surface area (Å²) in [6.07, 6.45) is -1.18. The first kappa shape index (κ1) is 20.5. The van der Waals surface area contributed by atoms with Gasteiger partial charge in [-0.05, 0) is 31.0 Å². The van der Waals surface area contributed by atoms with Crippen LogP contribution in [0.3, 0.4) is 0 Å². The monoisotopic (exact) mass is 392 g/mol. The van der Waals surface area contributed by atoms with Crippen molar-refractivity contribution in [1.29, 1.82) is 0 Å². The molecule has 150 valence electrons. The average Bonchev–Trinajstić information content (AvgIpc) is 2.74. The van der Waals surface area contributed by atoms with Crippen molar-refractivity contribution in [3.63, 3.8) is 0 Å². The van der Waals surface area contributed by atoms with E-state index in [0.717, 1.165) is 22.5 Å². The molecule has 6 nitrogen and oxygen atoms in total. The fourth-order valence-corrected chi connectivity index (χ4v) is 3.44. The van der Waals surface area contributed by atoms with Gasteiger partial charge in [0.15, 0.2) is 5.60 Å². The summed E-state index contributed by atoms with van der Waals surface area (Å²) in [5.41, 5.74) is 1.69. The molecule has 0 aliphatic rings. The molecule has 3 aromatic rings. The summed E-state index contributed by atoms with van der Waals surface area (Å²) in [5.74, 6) is -0.595. The van der Waals surface area contributed by atoms with Gasteiger partial charge in [-0.25, -0.2) is 14.8 Å². The van der Waals surface area contributed by atoms with Crippen LogP contribution >= 0.6 is 0 Å². The molecule has 0 saturated heterocycles. The van der Waals surface area contributed by atoms with Crippen molar-refractivity contribution in [3.8, 4) is 6.01 Å². The number of aromatic nitrogens is 2. The van der Waals surface area contributed by atoms with Crippen LogP contribution < -0.4 is 4.74 Å². The van der Waals surface area contributed by atoms with Gasteiger partial charge in [-0.1, -0.05) is 60.7 Å². The van der Waals surface area contributed by atoms with Crippen LogP contribution in [0.4, 0.5) is 0 Å². The van der Waals surface area contributed by atoms with E-state index in [1.54, 1.807) is 7.11 Å². The molecule has 0 aliphatic heterocycles. The number of esters is 1. The van der Waals surface area contributed by atoms with E-state index in [-0.39, 0.29) is 6.01 Å². The van der Waals surface area contributed by atoms with Gasteiger partial charge in [-0.2, -0.15) is 0 Å². The Morgan fingerprint density at radius 1 is 0.862 bits per heavy atom. The van der Waals surface area contributed by atoms with E-state index >= 15 is 0 Å². The summed E-state index contributed by atoms with van der Waals surface area (Å²) >= 11 is 0. The van der Waals surface area contributed by atoms with Gasteiger partial charge < -0.3 is 14.2 Å². The van der Waals surface area contributed by atoms with Crippen molar-refractivity contribution in [3.05, 3.63) is 89.2 Å². The lowest BCUT2D eigenvalue weighted by atomic mass is 9.81. The Labute approximate surface area is 170 Å². The minimum Gasteiger partial charge on any atom is -0.466 e. The number of benzene rings is 2. The zero-order valence-electron chi connectivity index (χ0n) is 17.0. The molecule has 2 aromatic carbocycles. The maximum absolute atomic E-state index is 13.0. The number of nitrogens with zero attached hydrogens (tertiary/aromatic N) is 2. The smallest absolute Gasteiger partial charge is 0.351 e. The van der Waals surface area contributed by atoms with E-state index in [0.29, 0.717) is 0 Å². The Morgan fingerprint density at radius 2 is 1.34 bits per heavy atom. The van der Waals surface area contributed by atoms with E-state index in [9.17, 15) is 4.79 Å². The molecule has 6 heteroatoms. The van der Waals surface area contributed by atoms with E-state index in [1.807, 2.05) is 80.6 Å². The van der Waals surface area contributed by atoms with Gasteiger partial charge in [0.1, 0.15) is 0 Å². The summed E-state index contributed by atoms with van der Waals surface area (Å²) in [4.78, 5) is 21.6. The molecule has 1 heterocycles. The van der Waals surface area contributed by atoms with Crippen LogP contribution in [0.15, 0.2) is 66.7 Å². The van der Waals surface area contributed by atoms with E-state index in [1.165, 1.54) is 7.11 Å². The van der Waals surface area contributed by atoms with Gasteiger partial charge in [-0.15, -0.1) is 0 Å². The zero-order chi connectivity index (χ0) is 20.9.